The number of carbonyl (C=O) groups is 2. The molecule has 7 heteroatoms. The van der Waals surface area contributed by atoms with Crippen molar-refractivity contribution < 1.29 is 14.5 Å². The molecule has 2 amide bonds. The van der Waals surface area contributed by atoms with Crippen LogP contribution in [0, 0.1) is 10.1 Å². The smallest absolute Gasteiger partial charge is 0.269 e. The summed E-state index contributed by atoms with van der Waals surface area (Å²) in [5, 5.41) is 10.6. The highest BCUT2D eigenvalue weighted by atomic mass is 16.6. The number of amides is 2. The van der Waals surface area contributed by atoms with E-state index in [1.54, 1.807) is 0 Å². The van der Waals surface area contributed by atoms with Gasteiger partial charge in [-0.15, -0.1) is 0 Å². The van der Waals surface area contributed by atoms with Gasteiger partial charge in [-0.2, -0.15) is 0 Å². The fourth-order valence-electron chi connectivity index (χ4n) is 2.02. The van der Waals surface area contributed by atoms with Crippen LogP contribution in [0.5, 0.6) is 0 Å². The van der Waals surface area contributed by atoms with Gasteiger partial charge in [0, 0.05) is 24.6 Å². The average Bonchev–Trinajstić information content (AvgIpc) is 2.64. The second-order valence-corrected chi connectivity index (χ2v) is 5.21. The van der Waals surface area contributed by atoms with Crippen molar-refractivity contribution in [1.29, 1.82) is 0 Å². The third kappa shape index (κ3) is 6.26. The molecule has 128 valence electrons. The van der Waals surface area contributed by atoms with Gasteiger partial charge in [0.1, 0.15) is 0 Å². The zero-order valence-electron chi connectivity index (χ0n) is 13.3. The molecule has 0 atom stereocenters. The maximum Gasteiger partial charge on any atom is 0.269 e. The normalized spacial score (nSPS) is 10.4. The number of nitrogens with one attached hydrogen (secondary N) is 2. The molecule has 2 aromatic carbocycles. The number of nitro groups is 1. The Morgan fingerprint density at radius 3 is 2.32 bits per heavy atom. The fraction of sp³-hybridized carbons (Fsp3) is 0.111. The van der Waals surface area contributed by atoms with Crippen molar-refractivity contribution in [2.24, 2.45) is 0 Å². The molecule has 0 saturated carbocycles. The number of hydrogen-bond acceptors (Lipinski definition) is 4. The lowest BCUT2D eigenvalue weighted by atomic mass is 10.1. The predicted molar refractivity (Wildman–Crippen MR) is 93.2 cm³/mol. The number of rotatable bonds is 6. The zero-order valence-corrected chi connectivity index (χ0v) is 13.3. The van der Waals surface area contributed by atoms with Crippen molar-refractivity contribution in [2.45, 2.75) is 12.8 Å². The summed E-state index contributed by atoms with van der Waals surface area (Å²) in [6, 6.07) is 15.3. The van der Waals surface area contributed by atoms with Gasteiger partial charge in [0.2, 0.25) is 5.91 Å². The van der Waals surface area contributed by atoms with Crippen molar-refractivity contribution in [3.05, 3.63) is 81.9 Å². The first-order valence-electron chi connectivity index (χ1n) is 7.60. The molecule has 0 aliphatic heterocycles. The largest absolute Gasteiger partial charge is 0.273 e. The van der Waals surface area contributed by atoms with E-state index < -0.39 is 10.8 Å². The highest BCUT2D eigenvalue weighted by Gasteiger charge is 2.04. The molecule has 2 N–H and O–H groups in total. The second kappa shape index (κ2) is 8.97. The van der Waals surface area contributed by atoms with E-state index in [-0.39, 0.29) is 18.0 Å². The highest BCUT2D eigenvalue weighted by Crippen LogP contribution is 2.12. The molecule has 2 rings (SSSR count). The Labute approximate surface area is 144 Å². The number of nitro benzene ring substituents is 1. The molecule has 0 spiro atoms. The summed E-state index contributed by atoms with van der Waals surface area (Å²) in [6.45, 7) is 0. The minimum Gasteiger partial charge on any atom is -0.273 e. The molecule has 0 saturated heterocycles. The van der Waals surface area contributed by atoms with E-state index >= 15 is 0 Å². The molecule has 0 bridgehead atoms. The molecule has 0 unspecified atom stereocenters. The first kappa shape index (κ1) is 17.9. The van der Waals surface area contributed by atoms with Crippen molar-refractivity contribution in [2.75, 3.05) is 0 Å². The van der Waals surface area contributed by atoms with E-state index in [2.05, 4.69) is 10.9 Å². The number of nitrogens with zero attached hydrogens (tertiary/aromatic N) is 1. The summed E-state index contributed by atoms with van der Waals surface area (Å²) in [5.41, 5.74) is 6.28. The minimum atomic E-state index is -0.495. The van der Waals surface area contributed by atoms with Crippen molar-refractivity contribution in [3.8, 4) is 0 Å². The van der Waals surface area contributed by atoms with E-state index in [1.807, 2.05) is 30.3 Å². The zero-order chi connectivity index (χ0) is 18.1. The summed E-state index contributed by atoms with van der Waals surface area (Å²) >= 11 is 0. The van der Waals surface area contributed by atoms with Crippen LogP contribution in [0.1, 0.15) is 17.5 Å². The Bertz CT molecular complexity index is 771. The predicted octanol–water partition coefficient (Wildman–Crippen LogP) is 2.39. The van der Waals surface area contributed by atoms with Gasteiger partial charge in [0.15, 0.2) is 0 Å². The van der Waals surface area contributed by atoms with Crippen LogP contribution in [-0.4, -0.2) is 16.7 Å². The summed E-state index contributed by atoms with van der Waals surface area (Å²) in [5.74, 6) is -0.785. The molecule has 2 aromatic rings. The Morgan fingerprint density at radius 1 is 1.00 bits per heavy atom. The highest BCUT2D eigenvalue weighted by molar-refractivity contribution is 5.93. The summed E-state index contributed by atoms with van der Waals surface area (Å²) < 4.78 is 0. The number of carbonyl (C=O) groups excluding carboxylic acids is 2. The van der Waals surface area contributed by atoms with Crippen LogP contribution in [0.2, 0.25) is 0 Å². The fourth-order valence-corrected chi connectivity index (χ4v) is 2.02. The van der Waals surface area contributed by atoms with Gasteiger partial charge in [0.05, 0.1) is 4.92 Å². The number of non-ortho nitro benzene ring substituents is 1. The van der Waals surface area contributed by atoms with Crippen molar-refractivity contribution in [1.82, 2.24) is 10.9 Å². The Hall–Kier alpha value is -3.48. The molecule has 0 aromatic heterocycles. The van der Waals surface area contributed by atoms with Crippen LogP contribution in [0.4, 0.5) is 5.69 Å². The number of hydrazine groups is 1. The Morgan fingerprint density at radius 2 is 1.68 bits per heavy atom. The van der Waals surface area contributed by atoms with E-state index in [0.29, 0.717) is 12.0 Å². The Kier molecular flexibility index (Phi) is 6.41. The SMILES string of the molecule is O=C(/C=C/c1ccc([N+](=O)[O-])cc1)NNC(=O)CCc1ccccc1. The number of aryl methyl sites for hydroxylation is 1. The monoisotopic (exact) mass is 339 g/mol. The van der Waals surface area contributed by atoms with Gasteiger partial charge in [0.25, 0.3) is 11.6 Å². The molecule has 0 radical (unpaired) electrons. The van der Waals surface area contributed by atoms with E-state index in [1.165, 1.54) is 36.4 Å². The lowest BCUT2D eigenvalue weighted by molar-refractivity contribution is -0.384. The van der Waals surface area contributed by atoms with Gasteiger partial charge < -0.3 is 0 Å². The van der Waals surface area contributed by atoms with E-state index in [4.69, 9.17) is 0 Å². The van der Waals surface area contributed by atoms with Gasteiger partial charge in [-0.1, -0.05) is 30.3 Å². The first-order chi connectivity index (χ1) is 12.0. The summed E-state index contributed by atoms with van der Waals surface area (Å²) in [7, 11) is 0. The Balaban J connectivity index is 1.74. The van der Waals surface area contributed by atoms with E-state index in [9.17, 15) is 19.7 Å². The van der Waals surface area contributed by atoms with Gasteiger partial charge in [-0.05, 0) is 35.8 Å². The van der Waals surface area contributed by atoms with Crippen molar-refractivity contribution in [3.63, 3.8) is 0 Å². The molecular formula is C18H17N3O4. The third-order valence-electron chi connectivity index (χ3n) is 3.34. The van der Waals surface area contributed by atoms with Crippen LogP contribution in [-0.2, 0) is 16.0 Å². The van der Waals surface area contributed by atoms with Gasteiger partial charge >= 0.3 is 0 Å². The summed E-state index contributed by atoms with van der Waals surface area (Å²) in [4.78, 5) is 33.4. The van der Waals surface area contributed by atoms with Crippen LogP contribution >= 0.6 is 0 Å². The molecule has 0 aliphatic carbocycles. The first-order valence-corrected chi connectivity index (χ1v) is 7.60. The van der Waals surface area contributed by atoms with Crippen LogP contribution < -0.4 is 10.9 Å². The standard InChI is InChI=1S/C18H17N3O4/c22-17(12-8-14-4-2-1-3-5-14)19-20-18(23)13-9-15-6-10-16(11-7-15)21(24)25/h1-7,9-11,13H,8,12H2,(H,19,22)(H,20,23)/b13-9+. The van der Waals surface area contributed by atoms with Crippen LogP contribution in [0.3, 0.4) is 0 Å². The molecular weight excluding hydrogens is 322 g/mol. The maximum absolute atomic E-state index is 11.7. The third-order valence-corrected chi connectivity index (χ3v) is 3.34. The summed E-state index contributed by atoms with van der Waals surface area (Å²) in [6.07, 6.45) is 3.57. The number of benzene rings is 2. The van der Waals surface area contributed by atoms with Gasteiger partial charge in [-0.25, -0.2) is 0 Å². The quantitative estimate of drug-likeness (QED) is 0.479. The second-order valence-electron chi connectivity index (χ2n) is 5.21. The molecule has 0 fully saturated rings. The molecule has 0 aliphatic rings. The lowest BCUT2D eigenvalue weighted by Gasteiger charge is -2.05. The minimum absolute atomic E-state index is 0.0210. The lowest BCUT2D eigenvalue weighted by Crippen LogP contribution is -2.40. The average molecular weight is 339 g/mol. The molecule has 25 heavy (non-hydrogen) atoms. The number of hydrogen-bond donors (Lipinski definition) is 2. The molecule has 7 nitrogen and oxygen atoms in total. The van der Waals surface area contributed by atoms with Crippen LogP contribution in [0.25, 0.3) is 6.08 Å². The topological polar surface area (TPSA) is 101 Å². The molecule has 0 heterocycles. The van der Waals surface area contributed by atoms with Crippen molar-refractivity contribution >= 4 is 23.6 Å². The van der Waals surface area contributed by atoms with E-state index in [0.717, 1.165) is 5.56 Å². The maximum atomic E-state index is 11.7. The van der Waals surface area contributed by atoms with Crippen LogP contribution in [0.15, 0.2) is 60.7 Å². The van der Waals surface area contributed by atoms with Gasteiger partial charge in [-0.3, -0.25) is 30.6 Å².